The first-order valence-electron chi connectivity index (χ1n) is 6.53. The maximum Gasteiger partial charge on any atom is 0.277 e. The number of rotatable bonds is 6. The molecule has 2 aromatic carbocycles. The molecule has 0 saturated carbocycles. The molecule has 0 bridgehead atoms. The highest BCUT2D eigenvalue weighted by molar-refractivity contribution is 5.83. The third-order valence-corrected chi connectivity index (χ3v) is 2.73. The van der Waals surface area contributed by atoms with Crippen LogP contribution < -0.4 is 14.9 Å². The Morgan fingerprint density at radius 1 is 1.18 bits per heavy atom. The van der Waals surface area contributed by atoms with Crippen molar-refractivity contribution in [3.8, 4) is 11.5 Å². The molecule has 0 aliphatic rings. The molecule has 0 heterocycles. The van der Waals surface area contributed by atoms with Crippen LogP contribution in [-0.2, 0) is 4.79 Å². The van der Waals surface area contributed by atoms with Gasteiger partial charge in [-0.3, -0.25) is 4.79 Å². The van der Waals surface area contributed by atoms with Gasteiger partial charge in [0.05, 0.1) is 13.3 Å². The first-order valence-corrected chi connectivity index (χ1v) is 6.53. The molecule has 114 valence electrons. The molecule has 6 heteroatoms. The normalized spacial score (nSPS) is 10.5. The zero-order valence-electron chi connectivity index (χ0n) is 12.0. The quantitative estimate of drug-likeness (QED) is 0.658. The maximum absolute atomic E-state index is 13.3. The van der Waals surface area contributed by atoms with E-state index in [4.69, 9.17) is 9.47 Å². The smallest absolute Gasteiger partial charge is 0.277 e. The second-order valence-electron chi connectivity index (χ2n) is 4.25. The van der Waals surface area contributed by atoms with Gasteiger partial charge in [-0.1, -0.05) is 30.3 Å². The molecule has 0 unspecified atom stereocenters. The minimum absolute atomic E-state index is 0.227. The van der Waals surface area contributed by atoms with Crippen LogP contribution >= 0.6 is 0 Å². The Kier molecular flexibility index (Phi) is 5.48. The van der Waals surface area contributed by atoms with Gasteiger partial charge >= 0.3 is 0 Å². The molecule has 2 aromatic rings. The molecule has 1 N–H and O–H groups in total. The Balaban J connectivity index is 1.85. The third kappa shape index (κ3) is 4.31. The molecule has 0 saturated heterocycles. The molecule has 0 aliphatic heterocycles. The van der Waals surface area contributed by atoms with Crippen LogP contribution in [0.15, 0.2) is 53.6 Å². The molecule has 0 spiro atoms. The van der Waals surface area contributed by atoms with Crippen LogP contribution in [0, 0.1) is 5.82 Å². The van der Waals surface area contributed by atoms with E-state index in [0.29, 0.717) is 11.5 Å². The van der Waals surface area contributed by atoms with Crippen molar-refractivity contribution in [3.63, 3.8) is 0 Å². The molecule has 2 rings (SSSR count). The van der Waals surface area contributed by atoms with E-state index in [-0.39, 0.29) is 12.2 Å². The summed E-state index contributed by atoms with van der Waals surface area (Å²) in [6.45, 7) is -0.227. The Hall–Kier alpha value is -2.89. The highest BCUT2D eigenvalue weighted by Gasteiger charge is 2.06. The summed E-state index contributed by atoms with van der Waals surface area (Å²) < 4.78 is 23.8. The Morgan fingerprint density at radius 3 is 2.59 bits per heavy atom. The number of hydrazone groups is 1. The molecule has 22 heavy (non-hydrogen) atoms. The van der Waals surface area contributed by atoms with Gasteiger partial charge in [0, 0.05) is 5.56 Å². The standard InChI is InChI=1S/C16H15FN2O3/c1-21-14-8-4-5-9-15(14)22-11-16(20)19-18-10-12-6-2-3-7-13(12)17/h2-10H,11H2,1H3,(H,19,20)/b18-10-. The number of halogens is 1. The fraction of sp³-hybridized carbons (Fsp3) is 0.125. The van der Waals surface area contributed by atoms with Crippen LogP contribution in [-0.4, -0.2) is 25.8 Å². The molecule has 0 fully saturated rings. The monoisotopic (exact) mass is 302 g/mol. The molecular formula is C16H15FN2O3. The second kappa shape index (κ2) is 7.78. The summed E-state index contributed by atoms with van der Waals surface area (Å²) in [5.74, 6) is 0.118. The van der Waals surface area contributed by atoms with E-state index in [1.165, 1.54) is 19.4 Å². The lowest BCUT2D eigenvalue weighted by molar-refractivity contribution is -0.123. The maximum atomic E-state index is 13.3. The van der Waals surface area contributed by atoms with Gasteiger partial charge in [-0.05, 0) is 18.2 Å². The van der Waals surface area contributed by atoms with Gasteiger partial charge in [-0.25, -0.2) is 9.82 Å². The number of carbonyl (C=O) groups excluding carboxylic acids is 1. The minimum Gasteiger partial charge on any atom is -0.493 e. The largest absolute Gasteiger partial charge is 0.493 e. The van der Waals surface area contributed by atoms with Crippen molar-refractivity contribution in [2.45, 2.75) is 0 Å². The minimum atomic E-state index is -0.460. The van der Waals surface area contributed by atoms with Crippen molar-refractivity contribution in [3.05, 3.63) is 59.9 Å². The number of amides is 1. The number of benzene rings is 2. The summed E-state index contributed by atoms with van der Waals surface area (Å²) in [6, 6.07) is 13.1. The van der Waals surface area contributed by atoms with Gasteiger partial charge in [0.15, 0.2) is 18.1 Å². The van der Waals surface area contributed by atoms with Gasteiger partial charge in [0.25, 0.3) is 5.91 Å². The van der Waals surface area contributed by atoms with Crippen LogP contribution in [0.1, 0.15) is 5.56 Å². The zero-order valence-corrected chi connectivity index (χ0v) is 12.0. The Labute approximate surface area is 127 Å². The first-order chi connectivity index (χ1) is 10.7. The highest BCUT2D eigenvalue weighted by Crippen LogP contribution is 2.25. The lowest BCUT2D eigenvalue weighted by Gasteiger charge is -2.09. The highest BCUT2D eigenvalue weighted by atomic mass is 19.1. The number of para-hydroxylation sites is 2. The van der Waals surface area contributed by atoms with Gasteiger partial charge in [-0.15, -0.1) is 0 Å². The number of nitrogens with zero attached hydrogens (tertiary/aromatic N) is 1. The predicted molar refractivity (Wildman–Crippen MR) is 80.6 cm³/mol. The van der Waals surface area contributed by atoms with Crippen LogP contribution in [0.3, 0.4) is 0 Å². The van der Waals surface area contributed by atoms with Crippen molar-refractivity contribution in [2.24, 2.45) is 5.10 Å². The van der Waals surface area contributed by atoms with Crippen molar-refractivity contribution in [1.29, 1.82) is 0 Å². The number of hydrogen-bond donors (Lipinski definition) is 1. The van der Waals surface area contributed by atoms with Crippen LogP contribution in [0.4, 0.5) is 4.39 Å². The Morgan fingerprint density at radius 2 is 1.86 bits per heavy atom. The Bertz CT molecular complexity index is 674. The molecule has 0 aliphatic carbocycles. The van der Waals surface area contributed by atoms with E-state index >= 15 is 0 Å². The summed E-state index contributed by atoms with van der Waals surface area (Å²) >= 11 is 0. The number of nitrogens with one attached hydrogen (secondary N) is 1. The van der Waals surface area contributed by atoms with Crippen LogP contribution in [0.25, 0.3) is 0 Å². The van der Waals surface area contributed by atoms with Crippen molar-refractivity contribution >= 4 is 12.1 Å². The molecule has 5 nitrogen and oxygen atoms in total. The molecule has 0 radical (unpaired) electrons. The summed E-state index contributed by atoms with van der Waals surface area (Å²) in [5.41, 5.74) is 2.55. The zero-order chi connectivity index (χ0) is 15.8. The first kappa shape index (κ1) is 15.5. The van der Waals surface area contributed by atoms with Crippen molar-refractivity contribution < 1.29 is 18.7 Å². The van der Waals surface area contributed by atoms with Gasteiger partial charge in [0.2, 0.25) is 0 Å². The van der Waals surface area contributed by atoms with Crippen LogP contribution in [0.2, 0.25) is 0 Å². The lowest BCUT2D eigenvalue weighted by Crippen LogP contribution is -2.24. The molecular weight excluding hydrogens is 287 g/mol. The van der Waals surface area contributed by atoms with E-state index in [1.807, 2.05) is 0 Å². The van der Waals surface area contributed by atoms with E-state index in [1.54, 1.807) is 42.5 Å². The SMILES string of the molecule is COc1ccccc1OCC(=O)N/N=C\c1ccccc1F. The lowest BCUT2D eigenvalue weighted by atomic mass is 10.2. The number of hydrogen-bond acceptors (Lipinski definition) is 4. The van der Waals surface area contributed by atoms with Gasteiger partial charge in [0.1, 0.15) is 5.82 Å². The van der Waals surface area contributed by atoms with Gasteiger partial charge < -0.3 is 9.47 Å². The number of methoxy groups -OCH3 is 1. The molecule has 1 amide bonds. The van der Waals surface area contributed by atoms with Gasteiger partial charge in [-0.2, -0.15) is 5.10 Å². The van der Waals surface area contributed by atoms with E-state index in [9.17, 15) is 9.18 Å². The summed E-state index contributed by atoms with van der Waals surface area (Å²) in [7, 11) is 1.51. The van der Waals surface area contributed by atoms with E-state index in [0.717, 1.165) is 0 Å². The fourth-order valence-electron chi connectivity index (χ4n) is 1.67. The van der Waals surface area contributed by atoms with E-state index in [2.05, 4.69) is 10.5 Å². The summed E-state index contributed by atoms with van der Waals surface area (Å²) in [5, 5.41) is 3.68. The average molecular weight is 302 g/mol. The fourth-order valence-corrected chi connectivity index (χ4v) is 1.67. The van der Waals surface area contributed by atoms with E-state index < -0.39 is 11.7 Å². The summed E-state index contributed by atoms with van der Waals surface area (Å²) in [6.07, 6.45) is 1.23. The average Bonchev–Trinajstić information content (AvgIpc) is 2.55. The summed E-state index contributed by atoms with van der Waals surface area (Å²) in [4.78, 5) is 11.6. The molecule has 0 atom stereocenters. The number of ether oxygens (including phenoxy) is 2. The van der Waals surface area contributed by atoms with Crippen molar-refractivity contribution in [2.75, 3.05) is 13.7 Å². The predicted octanol–water partition coefficient (Wildman–Crippen LogP) is 2.36. The third-order valence-electron chi connectivity index (χ3n) is 2.73. The second-order valence-corrected chi connectivity index (χ2v) is 4.25. The topological polar surface area (TPSA) is 59.9 Å². The van der Waals surface area contributed by atoms with Crippen molar-refractivity contribution in [1.82, 2.24) is 5.43 Å². The molecule has 0 aromatic heterocycles. The number of carbonyl (C=O) groups is 1. The van der Waals surface area contributed by atoms with Crippen LogP contribution in [0.5, 0.6) is 11.5 Å².